The lowest BCUT2D eigenvalue weighted by atomic mass is 10.2. The molecule has 5 heteroatoms. The summed E-state index contributed by atoms with van der Waals surface area (Å²) >= 11 is 1.86. The molecule has 1 saturated heterocycles. The molecule has 2 amide bonds. The number of piperazine rings is 1. The molecular weight excluding hydrogens is 307 g/mol. The lowest BCUT2D eigenvalue weighted by molar-refractivity contribution is -0.141. The fraction of sp³-hybridized carbons (Fsp3) is 0.200. The van der Waals surface area contributed by atoms with Crippen molar-refractivity contribution in [2.45, 2.75) is 0 Å². The number of para-hydroxylation sites is 1. The van der Waals surface area contributed by atoms with E-state index in [9.17, 15) is 9.59 Å². The summed E-state index contributed by atoms with van der Waals surface area (Å²) in [5.74, 6) is -0.910. The van der Waals surface area contributed by atoms with Gasteiger partial charge in [0.2, 0.25) is 0 Å². The smallest absolute Gasteiger partial charge is 0.302 e. The maximum Gasteiger partial charge on any atom is 0.321 e. The number of carbonyl (C=O) groups is 2. The van der Waals surface area contributed by atoms with Crippen molar-refractivity contribution in [3.63, 3.8) is 0 Å². The third-order valence-corrected chi connectivity index (χ3v) is 3.16. The number of anilines is 1. The molecule has 2 rings (SSSR count). The average Bonchev–Trinajstić information content (AvgIpc) is 2.27. The van der Waals surface area contributed by atoms with Crippen LogP contribution in [0.15, 0.2) is 30.3 Å². The summed E-state index contributed by atoms with van der Waals surface area (Å²) in [7, 11) is 0. The summed E-state index contributed by atoms with van der Waals surface area (Å²) in [6.45, 7) is 1.12. The van der Waals surface area contributed by atoms with Gasteiger partial charge in [0.05, 0.1) is 22.9 Å². The highest BCUT2D eigenvalue weighted by Crippen LogP contribution is 2.18. The molecule has 1 fully saturated rings. The summed E-state index contributed by atoms with van der Waals surface area (Å²) in [4.78, 5) is 24.6. The van der Waals surface area contributed by atoms with Crippen LogP contribution in [0.5, 0.6) is 0 Å². The van der Waals surface area contributed by atoms with E-state index in [4.69, 9.17) is 0 Å². The largest absolute Gasteiger partial charge is 0.321 e. The van der Waals surface area contributed by atoms with Gasteiger partial charge < -0.3 is 4.90 Å². The number of halogens is 1. The molecule has 0 unspecified atom stereocenters. The van der Waals surface area contributed by atoms with Gasteiger partial charge in [-0.25, -0.2) is 0 Å². The summed E-state index contributed by atoms with van der Waals surface area (Å²) in [6, 6.07) is 9.24. The van der Waals surface area contributed by atoms with Crippen LogP contribution in [-0.2, 0) is 9.59 Å². The molecular formula is C10H9IN2O2. The standard InChI is InChI=1S/C10H9IN2O2/c11-13-7-6-12(9(14)10(13)15)8-4-2-1-3-5-8/h1-5H,6-7H2. The molecule has 78 valence electrons. The fourth-order valence-electron chi connectivity index (χ4n) is 1.46. The Labute approximate surface area is 101 Å². The van der Waals surface area contributed by atoms with Crippen LogP contribution in [0, 0.1) is 0 Å². The van der Waals surface area contributed by atoms with Crippen molar-refractivity contribution < 1.29 is 9.59 Å². The Hall–Kier alpha value is -1.11. The van der Waals surface area contributed by atoms with E-state index >= 15 is 0 Å². The first-order chi connectivity index (χ1) is 7.20. The Kier molecular flexibility index (Phi) is 2.90. The molecule has 1 aliphatic heterocycles. The molecule has 0 spiro atoms. The minimum atomic E-state index is -0.457. The zero-order valence-corrected chi connectivity index (χ0v) is 10.0. The Bertz CT molecular complexity index is 394. The molecule has 0 atom stereocenters. The first-order valence-electron chi connectivity index (χ1n) is 4.54. The second-order valence-corrected chi connectivity index (χ2v) is 4.35. The first kappa shape index (κ1) is 10.4. The van der Waals surface area contributed by atoms with Crippen LogP contribution < -0.4 is 4.90 Å². The van der Waals surface area contributed by atoms with Crippen molar-refractivity contribution in [2.75, 3.05) is 18.0 Å². The first-order valence-corrected chi connectivity index (χ1v) is 5.51. The van der Waals surface area contributed by atoms with Crippen molar-refractivity contribution in [2.24, 2.45) is 0 Å². The summed E-state index contributed by atoms with van der Waals surface area (Å²) < 4.78 is 1.42. The summed E-state index contributed by atoms with van der Waals surface area (Å²) in [5, 5.41) is 0. The Morgan fingerprint density at radius 3 is 2.33 bits per heavy atom. The van der Waals surface area contributed by atoms with Crippen LogP contribution in [0.3, 0.4) is 0 Å². The molecule has 0 saturated carbocycles. The molecule has 0 aliphatic carbocycles. The molecule has 4 nitrogen and oxygen atoms in total. The number of carbonyl (C=O) groups excluding carboxylic acids is 2. The van der Waals surface area contributed by atoms with E-state index in [2.05, 4.69) is 0 Å². The predicted molar refractivity (Wildman–Crippen MR) is 64.5 cm³/mol. The number of benzene rings is 1. The van der Waals surface area contributed by atoms with Gasteiger partial charge in [0.15, 0.2) is 0 Å². The Balaban J connectivity index is 2.25. The Morgan fingerprint density at radius 1 is 1.00 bits per heavy atom. The third kappa shape index (κ3) is 1.97. The van der Waals surface area contributed by atoms with Gasteiger partial charge in [-0.2, -0.15) is 0 Å². The Morgan fingerprint density at radius 2 is 1.67 bits per heavy atom. The van der Waals surface area contributed by atoms with Crippen LogP contribution in [0.1, 0.15) is 0 Å². The zero-order chi connectivity index (χ0) is 10.8. The second kappa shape index (κ2) is 4.18. The van der Waals surface area contributed by atoms with Crippen molar-refractivity contribution >= 4 is 40.4 Å². The van der Waals surface area contributed by atoms with Crippen LogP contribution in [-0.4, -0.2) is 28.0 Å². The number of nitrogens with zero attached hydrogens (tertiary/aromatic N) is 2. The van der Waals surface area contributed by atoms with Gasteiger partial charge in [0.25, 0.3) is 0 Å². The molecule has 15 heavy (non-hydrogen) atoms. The van der Waals surface area contributed by atoms with Crippen LogP contribution in [0.4, 0.5) is 5.69 Å². The van der Waals surface area contributed by atoms with Gasteiger partial charge in [-0.15, -0.1) is 0 Å². The lowest BCUT2D eigenvalue weighted by Crippen LogP contribution is -2.50. The van der Waals surface area contributed by atoms with E-state index in [1.54, 1.807) is 0 Å². The van der Waals surface area contributed by atoms with E-state index in [-0.39, 0.29) is 0 Å². The molecule has 0 N–H and O–H groups in total. The van der Waals surface area contributed by atoms with Crippen LogP contribution >= 0.6 is 22.9 Å². The summed E-state index contributed by atoms with van der Waals surface area (Å²) in [5.41, 5.74) is 0.778. The average molecular weight is 316 g/mol. The van der Waals surface area contributed by atoms with Gasteiger partial charge in [-0.3, -0.25) is 12.7 Å². The minimum absolute atomic E-state index is 0.453. The summed E-state index contributed by atoms with van der Waals surface area (Å²) in [6.07, 6.45) is 0. The van der Waals surface area contributed by atoms with Gasteiger partial charge in [0.1, 0.15) is 0 Å². The molecule has 1 heterocycles. The SMILES string of the molecule is O=C1C(=O)N(c2ccccc2)CCN1I. The van der Waals surface area contributed by atoms with E-state index in [1.807, 2.05) is 53.2 Å². The highest BCUT2D eigenvalue weighted by Gasteiger charge is 2.31. The van der Waals surface area contributed by atoms with Crippen LogP contribution in [0.25, 0.3) is 0 Å². The zero-order valence-electron chi connectivity index (χ0n) is 7.89. The fourth-order valence-corrected chi connectivity index (χ4v) is 1.89. The highest BCUT2D eigenvalue weighted by atomic mass is 127. The number of hydrogen-bond donors (Lipinski definition) is 0. The van der Waals surface area contributed by atoms with Gasteiger partial charge in [0, 0.05) is 18.8 Å². The molecule has 0 radical (unpaired) electrons. The molecule has 1 aromatic rings. The van der Waals surface area contributed by atoms with Crippen LogP contribution in [0.2, 0.25) is 0 Å². The van der Waals surface area contributed by atoms with Gasteiger partial charge in [-0.05, 0) is 12.1 Å². The second-order valence-electron chi connectivity index (χ2n) is 3.18. The lowest BCUT2D eigenvalue weighted by Gasteiger charge is -2.30. The van der Waals surface area contributed by atoms with E-state index in [1.165, 1.54) is 8.01 Å². The maximum absolute atomic E-state index is 11.7. The number of amides is 2. The van der Waals surface area contributed by atoms with Crippen molar-refractivity contribution in [3.05, 3.63) is 30.3 Å². The topological polar surface area (TPSA) is 40.6 Å². The van der Waals surface area contributed by atoms with Gasteiger partial charge in [-0.1, -0.05) is 18.2 Å². The van der Waals surface area contributed by atoms with Crippen molar-refractivity contribution in [1.29, 1.82) is 0 Å². The van der Waals surface area contributed by atoms with Crippen molar-refractivity contribution in [3.8, 4) is 0 Å². The molecule has 1 aliphatic rings. The monoisotopic (exact) mass is 316 g/mol. The highest BCUT2D eigenvalue weighted by molar-refractivity contribution is 14.1. The molecule has 1 aromatic carbocycles. The quantitative estimate of drug-likeness (QED) is 0.444. The molecule has 0 bridgehead atoms. The third-order valence-electron chi connectivity index (χ3n) is 2.24. The number of rotatable bonds is 1. The predicted octanol–water partition coefficient (Wildman–Crippen LogP) is 1.21. The van der Waals surface area contributed by atoms with E-state index < -0.39 is 11.8 Å². The van der Waals surface area contributed by atoms with E-state index in [0.29, 0.717) is 13.1 Å². The van der Waals surface area contributed by atoms with Gasteiger partial charge >= 0.3 is 11.8 Å². The number of hydrogen-bond acceptors (Lipinski definition) is 2. The van der Waals surface area contributed by atoms with Crippen molar-refractivity contribution in [1.82, 2.24) is 3.11 Å². The minimum Gasteiger partial charge on any atom is -0.302 e. The maximum atomic E-state index is 11.7. The van der Waals surface area contributed by atoms with E-state index in [0.717, 1.165) is 5.69 Å². The molecule has 0 aromatic heterocycles. The normalized spacial score (nSPS) is 17.1.